The Bertz CT molecular complexity index is 458. The Hall–Kier alpha value is -1.76. The van der Waals surface area contributed by atoms with E-state index in [1.807, 2.05) is 12.2 Å². The number of hydrogen-bond acceptors (Lipinski definition) is 1. The molecule has 0 bridgehead atoms. The van der Waals surface area contributed by atoms with E-state index in [2.05, 4.69) is 38.3 Å². The van der Waals surface area contributed by atoms with Crippen molar-refractivity contribution in [2.45, 2.75) is 6.92 Å². The summed E-state index contributed by atoms with van der Waals surface area (Å²) in [5.74, 6) is 2.12. The van der Waals surface area contributed by atoms with Crippen LogP contribution in [0.2, 0.25) is 0 Å². The van der Waals surface area contributed by atoms with Crippen LogP contribution in [0.3, 0.4) is 0 Å². The van der Waals surface area contributed by atoms with Crippen molar-refractivity contribution in [2.75, 3.05) is 0 Å². The quantitative estimate of drug-likeness (QED) is 0.692. The number of allylic oxidation sites excluding steroid dienone is 2. The molecule has 1 aliphatic rings. The van der Waals surface area contributed by atoms with Crippen LogP contribution in [0.25, 0.3) is 24.3 Å². The molecule has 1 nitrogen and oxygen atoms in total. The van der Waals surface area contributed by atoms with Crippen molar-refractivity contribution in [3.05, 3.63) is 48.0 Å². The Balaban J connectivity index is 2.63. The molecule has 0 aliphatic heterocycles. The molecule has 1 heterocycles. The van der Waals surface area contributed by atoms with Crippen molar-refractivity contribution >= 4 is 24.3 Å². The summed E-state index contributed by atoms with van der Waals surface area (Å²) in [5, 5.41) is 0. The van der Waals surface area contributed by atoms with E-state index in [1.165, 1.54) is 0 Å². The zero-order valence-electron chi connectivity index (χ0n) is 8.86. The number of furan rings is 1. The molecule has 0 fully saturated rings. The minimum Gasteiger partial charge on any atom is -0.456 e. The Morgan fingerprint density at radius 2 is 1.93 bits per heavy atom. The molecule has 1 atom stereocenters. The van der Waals surface area contributed by atoms with Gasteiger partial charge in [-0.2, -0.15) is 0 Å². The third-order valence-corrected chi connectivity index (χ3v) is 2.55. The molecule has 1 aliphatic carbocycles. The third kappa shape index (κ3) is 1.61. The van der Waals surface area contributed by atoms with E-state index in [0.29, 0.717) is 5.92 Å². The Morgan fingerprint density at radius 3 is 2.60 bits per heavy atom. The van der Waals surface area contributed by atoms with Crippen LogP contribution in [0, 0.1) is 5.92 Å². The first-order valence-corrected chi connectivity index (χ1v) is 5.04. The summed E-state index contributed by atoms with van der Waals surface area (Å²) in [4.78, 5) is 0. The molecule has 0 saturated carbocycles. The fraction of sp³-hybridized carbons (Fsp3) is 0.143. The fourth-order valence-corrected chi connectivity index (χ4v) is 1.70. The second kappa shape index (κ2) is 3.77. The topological polar surface area (TPSA) is 13.1 Å². The summed E-state index contributed by atoms with van der Waals surface area (Å²) < 4.78 is 5.68. The van der Waals surface area contributed by atoms with Gasteiger partial charge in [0.05, 0.1) is 0 Å². The summed E-state index contributed by atoms with van der Waals surface area (Å²) in [6.45, 7) is 9.68. The summed E-state index contributed by atoms with van der Waals surface area (Å²) in [6.07, 6.45) is 11.9. The zero-order valence-corrected chi connectivity index (χ0v) is 8.86. The van der Waals surface area contributed by atoms with Crippen LogP contribution in [-0.4, -0.2) is 0 Å². The molecule has 1 aromatic heterocycles. The third-order valence-electron chi connectivity index (χ3n) is 2.55. The summed E-state index contributed by atoms with van der Waals surface area (Å²) in [7, 11) is 0. The van der Waals surface area contributed by atoms with Gasteiger partial charge in [-0.1, -0.05) is 44.4 Å². The SMILES string of the molecule is C=Cc1oc2c(c1C=C)C=CC(C)C=C2. The molecular formula is C14H14O. The van der Waals surface area contributed by atoms with Gasteiger partial charge in [-0.25, -0.2) is 0 Å². The van der Waals surface area contributed by atoms with Gasteiger partial charge in [0.25, 0.3) is 0 Å². The minimum absolute atomic E-state index is 0.442. The molecule has 0 aromatic carbocycles. The lowest BCUT2D eigenvalue weighted by atomic mass is 10.1. The standard InChI is InChI=1S/C14H14O/c1-4-11-12-8-6-10(3)7-9-14(12)15-13(11)5-2/h4-10H,1-2H2,3H3. The van der Waals surface area contributed by atoms with Crippen LogP contribution >= 0.6 is 0 Å². The smallest absolute Gasteiger partial charge is 0.135 e. The van der Waals surface area contributed by atoms with Crippen LogP contribution in [0.5, 0.6) is 0 Å². The highest BCUT2D eigenvalue weighted by Crippen LogP contribution is 2.29. The normalized spacial score (nSPS) is 18.3. The van der Waals surface area contributed by atoms with Gasteiger partial charge in [-0.05, 0) is 18.1 Å². The summed E-state index contributed by atoms with van der Waals surface area (Å²) in [6, 6.07) is 0. The number of hydrogen-bond donors (Lipinski definition) is 0. The van der Waals surface area contributed by atoms with E-state index in [1.54, 1.807) is 6.08 Å². The lowest BCUT2D eigenvalue weighted by Gasteiger charge is -1.94. The molecule has 15 heavy (non-hydrogen) atoms. The van der Waals surface area contributed by atoms with Crippen molar-refractivity contribution in [3.8, 4) is 0 Å². The van der Waals surface area contributed by atoms with Crippen LogP contribution < -0.4 is 0 Å². The van der Waals surface area contributed by atoms with Gasteiger partial charge < -0.3 is 4.42 Å². The largest absolute Gasteiger partial charge is 0.456 e. The first kappa shape index (κ1) is 9.78. The van der Waals surface area contributed by atoms with Gasteiger partial charge >= 0.3 is 0 Å². The predicted molar refractivity (Wildman–Crippen MR) is 66.1 cm³/mol. The van der Waals surface area contributed by atoms with Crippen LogP contribution in [0.1, 0.15) is 29.6 Å². The first-order chi connectivity index (χ1) is 7.26. The van der Waals surface area contributed by atoms with E-state index < -0.39 is 0 Å². The molecule has 1 heteroatoms. The van der Waals surface area contributed by atoms with E-state index in [4.69, 9.17) is 4.42 Å². The molecule has 2 rings (SSSR count). The second-order valence-electron chi connectivity index (χ2n) is 3.64. The molecule has 0 spiro atoms. The number of rotatable bonds is 2. The molecule has 0 amide bonds. The molecule has 76 valence electrons. The second-order valence-corrected chi connectivity index (χ2v) is 3.64. The van der Waals surface area contributed by atoms with Gasteiger partial charge in [-0.3, -0.25) is 0 Å². The predicted octanol–water partition coefficient (Wildman–Crippen LogP) is 4.24. The van der Waals surface area contributed by atoms with Crippen molar-refractivity contribution < 1.29 is 4.42 Å². The molecular weight excluding hydrogens is 184 g/mol. The van der Waals surface area contributed by atoms with Crippen LogP contribution in [0.15, 0.2) is 29.7 Å². The Morgan fingerprint density at radius 1 is 1.20 bits per heavy atom. The van der Waals surface area contributed by atoms with Gasteiger partial charge in [0, 0.05) is 11.1 Å². The molecule has 0 radical (unpaired) electrons. The Kier molecular flexibility index (Phi) is 2.46. The van der Waals surface area contributed by atoms with E-state index >= 15 is 0 Å². The lowest BCUT2D eigenvalue weighted by Crippen LogP contribution is -1.79. The zero-order chi connectivity index (χ0) is 10.8. The monoisotopic (exact) mass is 198 g/mol. The highest BCUT2D eigenvalue weighted by molar-refractivity contribution is 5.77. The van der Waals surface area contributed by atoms with Gasteiger partial charge in [0.1, 0.15) is 11.5 Å². The Labute approximate surface area is 90.1 Å². The van der Waals surface area contributed by atoms with Gasteiger partial charge in [0.2, 0.25) is 0 Å². The highest BCUT2D eigenvalue weighted by atomic mass is 16.3. The summed E-state index contributed by atoms with van der Waals surface area (Å²) in [5.41, 5.74) is 2.12. The fourth-order valence-electron chi connectivity index (χ4n) is 1.70. The lowest BCUT2D eigenvalue weighted by molar-refractivity contribution is 0.546. The van der Waals surface area contributed by atoms with E-state index in [9.17, 15) is 0 Å². The molecule has 1 unspecified atom stereocenters. The van der Waals surface area contributed by atoms with E-state index in [-0.39, 0.29) is 0 Å². The van der Waals surface area contributed by atoms with Crippen molar-refractivity contribution in [1.29, 1.82) is 0 Å². The maximum Gasteiger partial charge on any atom is 0.135 e. The molecule has 0 saturated heterocycles. The number of fused-ring (bicyclic) bond motifs is 1. The van der Waals surface area contributed by atoms with Gasteiger partial charge in [-0.15, -0.1) is 0 Å². The maximum atomic E-state index is 5.68. The minimum atomic E-state index is 0.442. The maximum absolute atomic E-state index is 5.68. The van der Waals surface area contributed by atoms with Crippen molar-refractivity contribution in [1.82, 2.24) is 0 Å². The summed E-state index contributed by atoms with van der Waals surface area (Å²) >= 11 is 0. The van der Waals surface area contributed by atoms with Crippen LogP contribution in [0.4, 0.5) is 0 Å². The van der Waals surface area contributed by atoms with Crippen molar-refractivity contribution in [3.63, 3.8) is 0 Å². The molecule has 0 N–H and O–H groups in total. The highest BCUT2D eigenvalue weighted by Gasteiger charge is 2.14. The average Bonchev–Trinajstić information content (AvgIpc) is 2.50. The first-order valence-electron chi connectivity index (χ1n) is 5.04. The van der Waals surface area contributed by atoms with Crippen molar-refractivity contribution in [2.24, 2.45) is 5.92 Å². The average molecular weight is 198 g/mol. The van der Waals surface area contributed by atoms with Crippen LogP contribution in [-0.2, 0) is 0 Å². The van der Waals surface area contributed by atoms with E-state index in [0.717, 1.165) is 22.6 Å². The molecule has 1 aromatic rings. The van der Waals surface area contributed by atoms with Gasteiger partial charge in [0.15, 0.2) is 0 Å².